The highest BCUT2D eigenvalue weighted by atomic mass is 15.1. The molecule has 1 aliphatic carbocycles. The number of hydrogen-bond donors (Lipinski definition) is 1. The van der Waals surface area contributed by atoms with Gasteiger partial charge in [-0.1, -0.05) is 12.2 Å². The number of rotatable bonds is 3. The Kier molecular flexibility index (Phi) is 3.79. The quantitative estimate of drug-likeness (QED) is 0.830. The summed E-state index contributed by atoms with van der Waals surface area (Å²) in [6.45, 7) is 3.78. The average Bonchev–Trinajstić information content (AvgIpc) is 2.94. The molecule has 1 N–H and O–H groups in total. The van der Waals surface area contributed by atoms with Crippen molar-refractivity contribution in [1.29, 1.82) is 0 Å². The molecule has 0 radical (unpaired) electrons. The summed E-state index contributed by atoms with van der Waals surface area (Å²) < 4.78 is 0. The van der Waals surface area contributed by atoms with Gasteiger partial charge in [0, 0.05) is 30.9 Å². The molecule has 0 bridgehead atoms. The summed E-state index contributed by atoms with van der Waals surface area (Å²) in [6.07, 6.45) is 13.1. The van der Waals surface area contributed by atoms with Crippen LogP contribution < -0.4 is 0 Å². The molecule has 2 atom stereocenters. The molecule has 0 unspecified atom stereocenters. The number of aromatic amines is 1. The molecular weight excluding hydrogens is 222 g/mol. The molecule has 1 aromatic rings. The first-order chi connectivity index (χ1) is 8.92. The second-order valence-electron chi connectivity index (χ2n) is 5.76. The molecule has 2 heterocycles. The highest BCUT2D eigenvalue weighted by Gasteiger charge is 2.24. The van der Waals surface area contributed by atoms with Crippen LogP contribution in [0.4, 0.5) is 0 Å². The Hall–Kier alpha value is -1.09. The summed E-state index contributed by atoms with van der Waals surface area (Å²) in [5, 5.41) is 7.23. The fourth-order valence-corrected chi connectivity index (χ4v) is 3.36. The summed E-state index contributed by atoms with van der Waals surface area (Å²) in [6, 6.07) is 2.14. The topological polar surface area (TPSA) is 31.9 Å². The van der Waals surface area contributed by atoms with E-state index in [1.165, 1.54) is 57.4 Å². The predicted molar refractivity (Wildman–Crippen MR) is 73.5 cm³/mol. The minimum absolute atomic E-state index is 0.667. The fraction of sp³-hybridized carbons (Fsp3) is 0.667. The Morgan fingerprint density at radius 2 is 2.33 bits per heavy atom. The number of allylic oxidation sites excluding steroid dienone is 2. The molecule has 1 saturated heterocycles. The second kappa shape index (κ2) is 5.70. The van der Waals surface area contributed by atoms with Gasteiger partial charge >= 0.3 is 0 Å². The summed E-state index contributed by atoms with van der Waals surface area (Å²) >= 11 is 0. The number of aromatic nitrogens is 2. The number of nitrogens with zero attached hydrogens (tertiary/aromatic N) is 2. The Balaban J connectivity index is 1.55. The summed E-state index contributed by atoms with van der Waals surface area (Å²) in [7, 11) is 0. The van der Waals surface area contributed by atoms with Crippen LogP contribution in [-0.4, -0.2) is 34.7 Å². The predicted octanol–water partition coefficient (Wildman–Crippen LogP) is 2.95. The zero-order valence-corrected chi connectivity index (χ0v) is 11.0. The van der Waals surface area contributed by atoms with E-state index in [4.69, 9.17) is 0 Å². The highest BCUT2D eigenvalue weighted by molar-refractivity contribution is 5.07. The Bertz CT molecular complexity index is 382. The number of piperidine rings is 1. The molecule has 1 fully saturated rings. The van der Waals surface area contributed by atoms with Gasteiger partial charge in [0.15, 0.2) is 0 Å². The van der Waals surface area contributed by atoms with Crippen LogP contribution in [-0.2, 0) is 0 Å². The molecule has 98 valence electrons. The largest absolute Gasteiger partial charge is 0.302 e. The molecule has 3 heteroatoms. The third kappa shape index (κ3) is 2.83. The van der Waals surface area contributed by atoms with E-state index in [-0.39, 0.29) is 0 Å². The minimum Gasteiger partial charge on any atom is -0.302 e. The van der Waals surface area contributed by atoms with E-state index in [0.29, 0.717) is 5.92 Å². The van der Waals surface area contributed by atoms with Crippen LogP contribution in [0.5, 0.6) is 0 Å². The third-order valence-corrected chi connectivity index (χ3v) is 4.36. The zero-order chi connectivity index (χ0) is 12.2. The smallest absolute Gasteiger partial charge is 0.0490 e. The molecule has 2 aliphatic rings. The first kappa shape index (κ1) is 12.0. The lowest BCUT2D eigenvalue weighted by molar-refractivity contribution is 0.172. The van der Waals surface area contributed by atoms with Gasteiger partial charge in [0.05, 0.1) is 0 Å². The number of likely N-dealkylation sites (tertiary alicyclic amines) is 1. The van der Waals surface area contributed by atoms with Crippen LogP contribution in [0.2, 0.25) is 0 Å². The maximum absolute atomic E-state index is 4.09. The fourth-order valence-electron chi connectivity index (χ4n) is 3.36. The van der Waals surface area contributed by atoms with E-state index in [0.717, 1.165) is 5.92 Å². The number of H-pyrrole nitrogens is 1. The maximum Gasteiger partial charge on any atom is 0.0490 e. The molecule has 0 amide bonds. The van der Waals surface area contributed by atoms with Crippen molar-refractivity contribution in [2.45, 2.75) is 38.0 Å². The molecule has 1 aliphatic heterocycles. The lowest BCUT2D eigenvalue weighted by Gasteiger charge is -2.35. The molecule has 3 rings (SSSR count). The third-order valence-electron chi connectivity index (χ3n) is 4.36. The lowest BCUT2D eigenvalue weighted by Crippen LogP contribution is -2.38. The monoisotopic (exact) mass is 245 g/mol. The van der Waals surface area contributed by atoms with E-state index in [9.17, 15) is 0 Å². The maximum atomic E-state index is 4.09. The van der Waals surface area contributed by atoms with Gasteiger partial charge in [0.1, 0.15) is 0 Å². The molecule has 3 nitrogen and oxygen atoms in total. The van der Waals surface area contributed by atoms with Gasteiger partial charge < -0.3 is 4.90 Å². The van der Waals surface area contributed by atoms with Crippen molar-refractivity contribution < 1.29 is 0 Å². The Labute approximate surface area is 109 Å². The van der Waals surface area contributed by atoms with Gasteiger partial charge in [0.2, 0.25) is 0 Å². The van der Waals surface area contributed by atoms with Gasteiger partial charge in [-0.2, -0.15) is 5.10 Å². The first-order valence-corrected chi connectivity index (χ1v) is 7.28. The van der Waals surface area contributed by atoms with E-state index in [1.54, 1.807) is 0 Å². The van der Waals surface area contributed by atoms with Crippen molar-refractivity contribution >= 4 is 0 Å². The van der Waals surface area contributed by atoms with Crippen LogP contribution >= 0.6 is 0 Å². The van der Waals surface area contributed by atoms with Gasteiger partial charge in [0.25, 0.3) is 0 Å². The van der Waals surface area contributed by atoms with Crippen LogP contribution in [0, 0.1) is 5.92 Å². The first-order valence-electron chi connectivity index (χ1n) is 7.28. The molecule has 0 spiro atoms. The minimum atomic E-state index is 0.667. The van der Waals surface area contributed by atoms with Crippen LogP contribution in [0.15, 0.2) is 24.4 Å². The van der Waals surface area contributed by atoms with Gasteiger partial charge in [-0.25, -0.2) is 0 Å². The molecular formula is C15H23N3. The Morgan fingerprint density at radius 1 is 1.33 bits per heavy atom. The molecule has 1 aromatic heterocycles. The Morgan fingerprint density at radius 3 is 3.11 bits per heavy atom. The summed E-state index contributed by atoms with van der Waals surface area (Å²) in [4.78, 5) is 2.67. The average molecular weight is 245 g/mol. The number of nitrogens with one attached hydrogen (secondary N) is 1. The lowest BCUT2D eigenvalue weighted by atomic mass is 9.90. The van der Waals surface area contributed by atoms with Gasteiger partial charge in [-0.05, 0) is 50.6 Å². The van der Waals surface area contributed by atoms with E-state index < -0.39 is 0 Å². The zero-order valence-electron chi connectivity index (χ0n) is 11.0. The van der Waals surface area contributed by atoms with Crippen molar-refractivity contribution in [3.05, 3.63) is 30.1 Å². The van der Waals surface area contributed by atoms with Crippen LogP contribution in [0.3, 0.4) is 0 Å². The standard InChI is InChI=1S/C15H23N3/c1-2-5-13(6-3-1)11-18-10-4-7-14(12-18)15-8-9-16-17-15/h1-2,8-9,13-14H,3-7,10-12H2,(H,16,17)/t13-,14-/m1/s1. The van der Waals surface area contributed by atoms with E-state index >= 15 is 0 Å². The van der Waals surface area contributed by atoms with E-state index in [2.05, 4.69) is 33.3 Å². The van der Waals surface area contributed by atoms with E-state index in [1.807, 2.05) is 6.20 Å². The van der Waals surface area contributed by atoms with Crippen molar-refractivity contribution in [2.75, 3.05) is 19.6 Å². The van der Waals surface area contributed by atoms with Crippen molar-refractivity contribution in [3.63, 3.8) is 0 Å². The van der Waals surface area contributed by atoms with Crippen LogP contribution in [0.25, 0.3) is 0 Å². The summed E-state index contributed by atoms with van der Waals surface area (Å²) in [5.41, 5.74) is 1.32. The summed E-state index contributed by atoms with van der Waals surface area (Å²) in [5.74, 6) is 1.55. The van der Waals surface area contributed by atoms with Crippen molar-refractivity contribution in [2.24, 2.45) is 5.92 Å². The molecule has 0 saturated carbocycles. The molecule has 0 aromatic carbocycles. The highest BCUT2D eigenvalue weighted by Crippen LogP contribution is 2.27. The van der Waals surface area contributed by atoms with Crippen molar-refractivity contribution in [3.8, 4) is 0 Å². The van der Waals surface area contributed by atoms with Gasteiger partial charge in [-0.15, -0.1) is 0 Å². The second-order valence-corrected chi connectivity index (χ2v) is 5.76. The normalized spacial score (nSPS) is 29.6. The van der Waals surface area contributed by atoms with Crippen LogP contribution in [0.1, 0.15) is 43.7 Å². The molecule has 18 heavy (non-hydrogen) atoms. The SMILES string of the molecule is C1=CC[C@@H](CN2CCC[C@@H](c3ccn[nH]3)C2)CC1. The number of hydrogen-bond acceptors (Lipinski definition) is 2. The van der Waals surface area contributed by atoms with Crippen molar-refractivity contribution in [1.82, 2.24) is 15.1 Å². The van der Waals surface area contributed by atoms with Gasteiger partial charge in [-0.3, -0.25) is 5.10 Å².